The monoisotopic (exact) mass is 272 g/mol. The van der Waals surface area contributed by atoms with Crippen molar-refractivity contribution in [2.24, 2.45) is 13.0 Å². The van der Waals surface area contributed by atoms with Crippen LogP contribution in [0.25, 0.3) is 11.0 Å². The van der Waals surface area contributed by atoms with E-state index in [9.17, 15) is 9.90 Å². The predicted octanol–water partition coefficient (Wildman–Crippen LogP) is 3.27. The summed E-state index contributed by atoms with van der Waals surface area (Å²) in [6.45, 7) is 3.88. The Kier molecular flexibility index (Phi) is 3.04. The standard InChI is InChI=1S/C16H20N2O2/c1-9(2)14(16(19)20)11-6-7-13-12(8-11)17-15(18(13)3)10-4-5-10/h6-10,14H,4-5H2,1-3H3,(H,19,20). The molecule has 1 fully saturated rings. The highest BCUT2D eigenvalue weighted by Gasteiger charge is 2.29. The number of hydrogen-bond acceptors (Lipinski definition) is 2. The van der Waals surface area contributed by atoms with Crippen LogP contribution in [0.2, 0.25) is 0 Å². The number of benzene rings is 1. The molecule has 1 atom stereocenters. The van der Waals surface area contributed by atoms with Gasteiger partial charge in [0.1, 0.15) is 5.82 Å². The summed E-state index contributed by atoms with van der Waals surface area (Å²) in [6.07, 6.45) is 2.43. The van der Waals surface area contributed by atoms with Crippen molar-refractivity contribution < 1.29 is 9.90 Å². The maximum Gasteiger partial charge on any atom is 0.311 e. The van der Waals surface area contributed by atoms with Crippen LogP contribution in [0.15, 0.2) is 18.2 Å². The molecule has 0 spiro atoms. The second-order valence-electron chi connectivity index (χ2n) is 6.11. The van der Waals surface area contributed by atoms with E-state index in [0.717, 1.165) is 22.4 Å². The third kappa shape index (κ3) is 2.09. The van der Waals surface area contributed by atoms with Crippen LogP contribution < -0.4 is 0 Å². The quantitative estimate of drug-likeness (QED) is 0.929. The van der Waals surface area contributed by atoms with Gasteiger partial charge in [-0.05, 0) is 36.5 Å². The van der Waals surface area contributed by atoms with Gasteiger partial charge in [0.2, 0.25) is 0 Å². The largest absolute Gasteiger partial charge is 0.481 e. The van der Waals surface area contributed by atoms with Crippen LogP contribution in [0.5, 0.6) is 0 Å². The first-order chi connectivity index (χ1) is 9.49. The highest BCUT2D eigenvalue weighted by Crippen LogP contribution is 2.40. The van der Waals surface area contributed by atoms with Crippen LogP contribution in [0.1, 0.15) is 49.9 Å². The lowest BCUT2D eigenvalue weighted by atomic mass is 9.88. The van der Waals surface area contributed by atoms with Crippen LogP contribution in [0.4, 0.5) is 0 Å². The molecule has 1 heterocycles. The van der Waals surface area contributed by atoms with Gasteiger partial charge in [0, 0.05) is 13.0 Å². The van der Waals surface area contributed by atoms with Gasteiger partial charge in [0.15, 0.2) is 0 Å². The van der Waals surface area contributed by atoms with Crippen molar-refractivity contribution in [2.45, 2.75) is 38.5 Å². The van der Waals surface area contributed by atoms with Crippen LogP contribution in [0, 0.1) is 5.92 Å². The minimum Gasteiger partial charge on any atom is -0.481 e. The Morgan fingerprint density at radius 1 is 1.40 bits per heavy atom. The van der Waals surface area contributed by atoms with Gasteiger partial charge in [0.05, 0.1) is 17.0 Å². The zero-order valence-electron chi connectivity index (χ0n) is 12.1. The van der Waals surface area contributed by atoms with Gasteiger partial charge in [-0.1, -0.05) is 19.9 Å². The lowest BCUT2D eigenvalue weighted by molar-refractivity contribution is -0.139. The van der Waals surface area contributed by atoms with Crippen LogP contribution in [-0.4, -0.2) is 20.6 Å². The second-order valence-corrected chi connectivity index (χ2v) is 6.11. The maximum atomic E-state index is 11.4. The van der Waals surface area contributed by atoms with E-state index >= 15 is 0 Å². The predicted molar refractivity (Wildman–Crippen MR) is 77.9 cm³/mol. The Morgan fingerprint density at radius 3 is 2.65 bits per heavy atom. The summed E-state index contributed by atoms with van der Waals surface area (Å²) < 4.78 is 2.14. The van der Waals surface area contributed by atoms with Gasteiger partial charge in [-0.2, -0.15) is 0 Å². The highest BCUT2D eigenvalue weighted by atomic mass is 16.4. The Morgan fingerprint density at radius 2 is 2.10 bits per heavy atom. The number of rotatable bonds is 4. The topological polar surface area (TPSA) is 55.1 Å². The Hall–Kier alpha value is -1.84. The molecule has 1 aromatic heterocycles. The molecule has 1 aromatic carbocycles. The SMILES string of the molecule is CC(C)C(C(=O)O)c1ccc2c(c1)nc(C1CC1)n2C. The molecule has 0 saturated heterocycles. The van der Waals surface area contributed by atoms with E-state index in [1.807, 2.05) is 39.1 Å². The summed E-state index contributed by atoms with van der Waals surface area (Å²) in [5.74, 6) is 0.560. The fraction of sp³-hybridized carbons (Fsp3) is 0.500. The number of aromatic nitrogens is 2. The molecule has 4 nitrogen and oxygen atoms in total. The number of carbonyl (C=O) groups is 1. The van der Waals surface area contributed by atoms with E-state index in [1.54, 1.807) is 0 Å². The van der Waals surface area contributed by atoms with E-state index in [-0.39, 0.29) is 5.92 Å². The first kappa shape index (κ1) is 13.2. The molecule has 1 unspecified atom stereocenters. The fourth-order valence-corrected chi connectivity index (χ4v) is 2.95. The fourth-order valence-electron chi connectivity index (χ4n) is 2.95. The van der Waals surface area contributed by atoms with Crippen molar-refractivity contribution in [1.82, 2.24) is 9.55 Å². The number of carboxylic acid groups (broad SMARTS) is 1. The zero-order chi connectivity index (χ0) is 14.4. The molecule has 3 rings (SSSR count). The molecular formula is C16H20N2O2. The average molecular weight is 272 g/mol. The van der Waals surface area contributed by atoms with E-state index in [0.29, 0.717) is 5.92 Å². The van der Waals surface area contributed by atoms with E-state index < -0.39 is 11.9 Å². The Bertz CT molecular complexity index is 668. The highest BCUT2D eigenvalue weighted by molar-refractivity contribution is 5.81. The molecule has 1 saturated carbocycles. The lowest BCUT2D eigenvalue weighted by Crippen LogP contribution is -2.17. The summed E-state index contributed by atoms with van der Waals surface area (Å²) in [6, 6.07) is 5.88. The van der Waals surface area contributed by atoms with E-state index in [1.165, 1.54) is 12.8 Å². The third-order valence-corrected chi connectivity index (χ3v) is 4.17. The number of imidazole rings is 1. The number of aliphatic carboxylic acids is 1. The molecule has 1 N–H and O–H groups in total. The molecule has 0 bridgehead atoms. The molecule has 1 aliphatic carbocycles. The van der Waals surface area contributed by atoms with Crippen LogP contribution in [-0.2, 0) is 11.8 Å². The number of hydrogen-bond donors (Lipinski definition) is 1. The van der Waals surface area contributed by atoms with Gasteiger partial charge >= 0.3 is 5.97 Å². The summed E-state index contributed by atoms with van der Waals surface area (Å²) in [5, 5.41) is 9.40. The minimum atomic E-state index is -0.766. The Balaban J connectivity index is 2.08. The molecule has 106 valence electrons. The van der Waals surface area contributed by atoms with Crippen molar-refractivity contribution >= 4 is 17.0 Å². The normalized spacial score (nSPS) is 16.8. The number of aryl methyl sites for hydroxylation is 1. The summed E-state index contributed by atoms with van der Waals surface area (Å²) in [5.41, 5.74) is 2.85. The van der Waals surface area contributed by atoms with Gasteiger partial charge in [0.25, 0.3) is 0 Å². The molecular weight excluding hydrogens is 252 g/mol. The molecule has 2 aromatic rings. The van der Waals surface area contributed by atoms with Crippen LogP contribution in [0.3, 0.4) is 0 Å². The van der Waals surface area contributed by atoms with Crippen molar-refractivity contribution in [1.29, 1.82) is 0 Å². The summed E-state index contributed by atoms with van der Waals surface area (Å²) in [4.78, 5) is 16.1. The van der Waals surface area contributed by atoms with E-state index in [2.05, 4.69) is 4.57 Å². The van der Waals surface area contributed by atoms with Crippen molar-refractivity contribution in [3.05, 3.63) is 29.6 Å². The van der Waals surface area contributed by atoms with Crippen molar-refractivity contribution in [3.8, 4) is 0 Å². The molecule has 0 amide bonds. The molecule has 20 heavy (non-hydrogen) atoms. The smallest absolute Gasteiger partial charge is 0.311 e. The maximum absolute atomic E-state index is 11.4. The Labute approximate surface area is 118 Å². The molecule has 4 heteroatoms. The molecule has 0 radical (unpaired) electrons. The van der Waals surface area contributed by atoms with E-state index in [4.69, 9.17) is 4.98 Å². The lowest BCUT2D eigenvalue weighted by Gasteiger charge is -2.16. The van der Waals surface area contributed by atoms with Crippen molar-refractivity contribution in [2.75, 3.05) is 0 Å². The summed E-state index contributed by atoms with van der Waals surface area (Å²) in [7, 11) is 2.04. The first-order valence-electron chi connectivity index (χ1n) is 7.18. The zero-order valence-corrected chi connectivity index (χ0v) is 12.1. The second kappa shape index (κ2) is 4.62. The average Bonchev–Trinajstić information content (AvgIpc) is 3.14. The number of fused-ring (bicyclic) bond motifs is 1. The molecule has 0 aliphatic heterocycles. The van der Waals surface area contributed by atoms with Gasteiger partial charge in [-0.3, -0.25) is 4.79 Å². The number of carboxylic acids is 1. The van der Waals surface area contributed by atoms with Gasteiger partial charge in [-0.15, -0.1) is 0 Å². The summed E-state index contributed by atoms with van der Waals surface area (Å²) >= 11 is 0. The molecule has 1 aliphatic rings. The van der Waals surface area contributed by atoms with Crippen molar-refractivity contribution in [3.63, 3.8) is 0 Å². The van der Waals surface area contributed by atoms with Gasteiger partial charge in [-0.25, -0.2) is 4.98 Å². The minimum absolute atomic E-state index is 0.0663. The number of nitrogens with zero attached hydrogens (tertiary/aromatic N) is 2. The van der Waals surface area contributed by atoms with Gasteiger partial charge < -0.3 is 9.67 Å². The van der Waals surface area contributed by atoms with Crippen LogP contribution >= 0.6 is 0 Å². The first-order valence-corrected chi connectivity index (χ1v) is 7.18. The third-order valence-electron chi connectivity index (χ3n) is 4.17.